The van der Waals surface area contributed by atoms with Crippen LogP contribution in [0.15, 0.2) is 12.3 Å². The van der Waals surface area contributed by atoms with Gasteiger partial charge in [0.1, 0.15) is 0 Å². The number of nitrogens with zero attached hydrogens (tertiary/aromatic N) is 3. The van der Waals surface area contributed by atoms with E-state index >= 15 is 0 Å². The van der Waals surface area contributed by atoms with Crippen molar-refractivity contribution in [3.63, 3.8) is 0 Å². The van der Waals surface area contributed by atoms with E-state index in [0.29, 0.717) is 0 Å². The lowest BCUT2D eigenvalue weighted by Gasteiger charge is -2.40. The van der Waals surface area contributed by atoms with Gasteiger partial charge in [-0.1, -0.05) is 0 Å². The lowest BCUT2D eigenvalue weighted by atomic mass is 9.96. The van der Waals surface area contributed by atoms with Gasteiger partial charge in [0.15, 0.2) is 0 Å². The summed E-state index contributed by atoms with van der Waals surface area (Å²) in [5.74, 6) is 0.858. The van der Waals surface area contributed by atoms with Crippen LogP contribution >= 0.6 is 11.8 Å². The van der Waals surface area contributed by atoms with Crippen LogP contribution in [0.1, 0.15) is 18.5 Å². The van der Waals surface area contributed by atoms with Gasteiger partial charge in [-0.3, -0.25) is 0 Å². The van der Waals surface area contributed by atoms with Crippen molar-refractivity contribution in [1.29, 1.82) is 0 Å². The first kappa shape index (κ1) is 12.6. The van der Waals surface area contributed by atoms with Gasteiger partial charge >= 0.3 is 0 Å². The molecule has 0 atom stereocenters. The van der Waals surface area contributed by atoms with Gasteiger partial charge in [0.2, 0.25) is 5.95 Å². The van der Waals surface area contributed by atoms with Gasteiger partial charge in [0, 0.05) is 36.3 Å². The summed E-state index contributed by atoms with van der Waals surface area (Å²) in [5.41, 5.74) is 6.91. The molecule has 0 bridgehead atoms. The molecule has 94 valence electrons. The van der Waals surface area contributed by atoms with E-state index in [4.69, 9.17) is 5.73 Å². The van der Waals surface area contributed by atoms with Crippen LogP contribution in [0.25, 0.3) is 0 Å². The Morgan fingerprint density at radius 3 is 2.71 bits per heavy atom. The molecule has 5 heteroatoms. The van der Waals surface area contributed by atoms with Crippen LogP contribution in [0, 0.1) is 6.92 Å². The minimum Gasteiger partial charge on any atom is -0.341 e. The zero-order valence-corrected chi connectivity index (χ0v) is 11.3. The Morgan fingerprint density at radius 1 is 1.47 bits per heavy atom. The van der Waals surface area contributed by atoms with Crippen molar-refractivity contribution in [1.82, 2.24) is 9.97 Å². The number of piperidine rings is 1. The van der Waals surface area contributed by atoms with E-state index in [9.17, 15) is 0 Å². The van der Waals surface area contributed by atoms with Crippen LogP contribution in [-0.4, -0.2) is 40.6 Å². The normalized spacial score (nSPS) is 19.4. The zero-order chi connectivity index (χ0) is 12.3. The second kappa shape index (κ2) is 5.23. The van der Waals surface area contributed by atoms with Gasteiger partial charge in [-0.25, -0.2) is 9.97 Å². The Bertz CT molecular complexity index is 369. The number of nitrogens with two attached hydrogens (primary N) is 1. The van der Waals surface area contributed by atoms with E-state index in [2.05, 4.69) is 21.1 Å². The summed E-state index contributed by atoms with van der Waals surface area (Å²) in [4.78, 5) is 11.1. The first-order valence-corrected chi connectivity index (χ1v) is 7.21. The van der Waals surface area contributed by atoms with Gasteiger partial charge in [-0.05, 0) is 32.1 Å². The average molecular weight is 252 g/mol. The summed E-state index contributed by atoms with van der Waals surface area (Å²) in [6.07, 6.45) is 6.21. The summed E-state index contributed by atoms with van der Waals surface area (Å²) in [5, 5.41) is 0. The van der Waals surface area contributed by atoms with Crippen molar-refractivity contribution in [3.05, 3.63) is 18.0 Å². The fraction of sp³-hybridized carbons (Fsp3) is 0.667. The highest BCUT2D eigenvalue weighted by molar-refractivity contribution is 8.00. The molecule has 0 radical (unpaired) electrons. The maximum atomic E-state index is 5.89. The maximum absolute atomic E-state index is 5.89. The molecule has 0 saturated carbocycles. The summed E-state index contributed by atoms with van der Waals surface area (Å²) in [7, 11) is 0. The molecular weight excluding hydrogens is 232 g/mol. The lowest BCUT2D eigenvalue weighted by Crippen LogP contribution is -2.47. The second-order valence-electron chi connectivity index (χ2n) is 4.58. The Morgan fingerprint density at radius 2 is 2.18 bits per heavy atom. The van der Waals surface area contributed by atoms with Crippen LogP contribution in [0.4, 0.5) is 5.95 Å². The first-order valence-electron chi connectivity index (χ1n) is 5.99. The molecule has 1 aliphatic heterocycles. The number of anilines is 1. The molecule has 0 spiro atoms. The highest BCUT2D eigenvalue weighted by Gasteiger charge is 2.33. The quantitative estimate of drug-likeness (QED) is 0.882. The Balaban J connectivity index is 2.04. The van der Waals surface area contributed by atoms with Crippen LogP contribution < -0.4 is 10.6 Å². The third-order valence-electron chi connectivity index (χ3n) is 3.54. The molecule has 0 aromatic carbocycles. The van der Waals surface area contributed by atoms with Gasteiger partial charge in [-0.15, -0.1) is 0 Å². The SMILES string of the molecule is CSC1(CN)CCN(c2nccc(C)n2)CC1. The lowest BCUT2D eigenvalue weighted by molar-refractivity contribution is 0.453. The number of hydrogen-bond acceptors (Lipinski definition) is 5. The van der Waals surface area contributed by atoms with Gasteiger partial charge in [0.25, 0.3) is 0 Å². The molecule has 0 aliphatic carbocycles. The second-order valence-corrected chi connectivity index (χ2v) is 5.85. The fourth-order valence-electron chi connectivity index (χ4n) is 2.19. The molecular formula is C12H20N4S. The van der Waals surface area contributed by atoms with Crippen LogP contribution in [0.3, 0.4) is 0 Å². The molecule has 1 fully saturated rings. The smallest absolute Gasteiger partial charge is 0.225 e. The van der Waals surface area contributed by atoms with Crippen molar-refractivity contribution in [2.75, 3.05) is 30.8 Å². The standard InChI is InChI=1S/C12H20N4S/c1-10-3-6-14-11(15-10)16-7-4-12(9-13,17-2)5-8-16/h3,6H,4-5,7-9,13H2,1-2H3. The largest absolute Gasteiger partial charge is 0.341 e. The monoisotopic (exact) mass is 252 g/mol. The Labute approximate surface area is 107 Å². The number of aryl methyl sites for hydroxylation is 1. The molecule has 0 unspecified atom stereocenters. The predicted octanol–water partition coefficient (Wildman–Crippen LogP) is 1.45. The molecule has 1 saturated heterocycles. The van der Waals surface area contributed by atoms with E-state index in [1.807, 2.05) is 30.9 Å². The number of hydrogen-bond donors (Lipinski definition) is 1. The molecule has 1 aliphatic rings. The molecule has 17 heavy (non-hydrogen) atoms. The maximum Gasteiger partial charge on any atom is 0.225 e. The van der Waals surface area contributed by atoms with Crippen LogP contribution in [0.2, 0.25) is 0 Å². The van der Waals surface area contributed by atoms with E-state index in [1.165, 1.54) is 0 Å². The average Bonchev–Trinajstić information content (AvgIpc) is 2.39. The van der Waals surface area contributed by atoms with Crippen molar-refractivity contribution in [2.45, 2.75) is 24.5 Å². The van der Waals surface area contributed by atoms with Crippen molar-refractivity contribution in [3.8, 4) is 0 Å². The van der Waals surface area contributed by atoms with Gasteiger partial charge < -0.3 is 10.6 Å². The van der Waals surface area contributed by atoms with Gasteiger partial charge in [0.05, 0.1) is 0 Å². The summed E-state index contributed by atoms with van der Waals surface area (Å²) in [6.45, 7) is 4.76. The highest BCUT2D eigenvalue weighted by Crippen LogP contribution is 2.34. The Kier molecular flexibility index (Phi) is 3.89. The van der Waals surface area contributed by atoms with Gasteiger partial charge in [-0.2, -0.15) is 11.8 Å². The Hall–Kier alpha value is -0.810. The fourth-order valence-corrected chi connectivity index (χ4v) is 2.95. The minimum atomic E-state index is 0.264. The third-order valence-corrected chi connectivity index (χ3v) is 4.99. The van der Waals surface area contributed by atoms with Crippen LogP contribution in [-0.2, 0) is 0 Å². The predicted molar refractivity (Wildman–Crippen MR) is 73.5 cm³/mol. The minimum absolute atomic E-state index is 0.264. The summed E-state index contributed by atoms with van der Waals surface area (Å²) < 4.78 is 0.264. The molecule has 0 amide bonds. The van der Waals surface area contributed by atoms with E-state index in [-0.39, 0.29) is 4.75 Å². The van der Waals surface area contributed by atoms with Crippen LogP contribution in [0.5, 0.6) is 0 Å². The molecule has 1 aromatic heterocycles. The molecule has 1 aromatic rings. The molecule has 4 nitrogen and oxygen atoms in total. The first-order chi connectivity index (χ1) is 8.19. The van der Waals surface area contributed by atoms with Crippen molar-refractivity contribution in [2.24, 2.45) is 5.73 Å². The summed E-state index contributed by atoms with van der Waals surface area (Å²) in [6, 6.07) is 1.93. The highest BCUT2D eigenvalue weighted by atomic mass is 32.2. The molecule has 2 rings (SSSR count). The summed E-state index contributed by atoms with van der Waals surface area (Å²) >= 11 is 1.90. The van der Waals surface area contributed by atoms with Crippen molar-refractivity contribution < 1.29 is 0 Å². The molecule has 2 N–H and O–H groups in total. The topological polar surface area (TPSA) is 55.0 Å². The van der Waals surface area contributed by atoms with Crippen molar-refractivity contribution >= 4 is 17.7 Å². The third kappa shape index (κ3) is 2.72. The van der Waals surface area contributed by atoms with E-state index in [0.717, 1.165) is 44.1 Å². The number of rotatable bonds is 3. The number of thioether (sulfide) groups is 1. The zero-order valence-electron chi connectivity index (χ0n) is 10.5. The van der Waals surface area contributed by atoms with E-state index < -0.39 is 0 Å². The van der Waals surface area contributed by atoms with E-state index in [1.54, 1.807) is 0 Å². The number of aromatic nitrogens is 2. The molecule has 2 heterocycles.